The van der Waals surface area contributed by atoms with Gasteiger partial charge < -0.3 is 5.32 Å². The van der Waals surface area contributed by atoms with Gasteiger partial charge in [-0.3, -0.25) is 14.3 Å². The quantitative estimate of drug-likeness (QED) is 0.823. The molecule has 0 radical (unpaired) electrons. The first-order valence-corrected chi connectivity index (χ1v) is 7.34. The molecule has 2 rings (SSSR count). The van der Waals surface area contributed by atoms with Gasteiger partial charge in [0.2, 0.25) is 5.13 Å². The maximum Gasteiger partial charge on any atom is 0.328 e. The van der Waals surface area contributed by atoms with Crippen molar-refractivity contribution in [2.24, 2.45) is 0 Å². The normalized spacial score (nSPS) is 10.7. The standard InChI is InChI=1S/C12H17N5O2S/c1-3-5-13-11-16-15-9(20-11)7-17-6-8(4-2)10(18)14-12(17)19/h6H,3-5,7H2,1-2H3,(H,13,16)(H,14,18,19). The van der Waals surface area contributed by atoms with Crippen molar-refractivity contribution < 1.29 is 0 Å². The predicted octanol–water partition coefficient (Wildman–Crippen LogP) is 0.821. The second-order valence-electron chi connectivity index (χ2n) is 4.32. The van der Waals surface area contributed by atoms with Crippen LogP contribution in [0.15, 0.2) is 15.8 Å². The third kappa shape index (κ3) is 3.32. The van der Waals surface area contributed by atoms with Gasteiger partial charge in [0.15, 0.2) is 0 Å². The second-order valence-corrected chi connectivity index (χ2v) is 5.38. The zero-order valence-electron chi connectivity index (χ0n) is 11.5. The van der Waals surface area contributed by atoms with Crippen LogP contribution in [0.1, 0.15) is 30.8 Å². The molecule has 8 heteroatoms. The molecule has 7 nitrogen and oxygen atoms in total. The molecule has 0 spiro atoms. The van der Waals surface area contributed by atoms with Crippen LogP contribution in [0.2, 0.25) is 0 Å². The fraction of sp³-hybridized carbons (Fsp3) is 0.500. The third-order valence-corrected chi connectivity index (χ3v) is 3.63. The van der Waals surface area contributed by atoms with Gasteiger partial charge in [0, 0.05) is 18.3 Å². The third-order valence-electron chi connectivity index (χ3n) is 2.76. The van der Waals surface area contributed by atoms with Crippen molar-refractivity contribution in [3.8, 4) is 0 Å². The molecule has 0 aromatic carbocycles. The number of nitrogens with one attached hydrogen (secondary N) is 2. The molecule has 0 bridgehead atoms. The van der Waals surface area contributed by atoms with Crippen molar-refractivity contribution in [3.05, 3.63) is 37.6 Å². The maximum atomic E-state index is 11.7. The lowest BCUT2D eigenvalue weighted by molar-refractivity contribution is 0.698. The smallest absolute Gasteiger partial charge is 0.328 e. The Bertz CT molecular complexity index is 688. The Kier molecular flexibility index (Phi) is 4.67. The minimum atomic E-state index is -0.425. The van der Waals surface area contributed by atoms with Gasteiger partial charge in [-0.15, -0.1) is 10.2 Å². The summed E-state index contributed by atoms with van der Waals surface area (Å²) in [5.74, 6) is 0. The van der Waals surface area contributed by atoms with Gasteiger partial charge >= 0.3 is 5.69 Å². The molecule has 2 N–H and O–H groups in total. The Morgan fingerprint density at radius 2 is 2.15 bits per heavy atom. The first-order chi connectivity index (χ1) is 9.63. The van der Waals surface area contributed by atoms with Crippen LogP contribution in [0, 0.1) is 0 Å². The van der Waals surface area contributed by atoms with E-state index < -0.39 is 5.69 Å². The Morgan fingerprint density at radius 1 is 1.35 bits per heavy atom. The van der Waals surface area contributed by atoms with E-state index in [4.69, 9.17) is 0 Å². The molecular formula is C12H17N5O2S. The van der Waals surface area contributed by atoms with Crippen molar-refractivity contribution in [1.29, 1.82) is 0 Å². The van der Waals surface area contributed by atoms with Crippen LogP contribution in [-0.2, 0) is 13.0 Å². The van der Waals surface area contributed by atoms with E-state index in [9.17, 15) is 9.59 Å². The van der Waals surface area contributed by atoms with E-state index >= 15 is 0 Å². The van der Waals surface area contributed by atoms with E-state index in [1.165, 1.54) is 15.9 Å². The number of hydrogen-bond donors (Lipinski definition) is 2. The Labute approximate surface area is 119 Å². The number of aromatic amines is 1. The summed E-state index contributed by atoms with van der Waals surface area (Å²) in [6.07, 6.45) is 3.17. The number of anilines is 1. The molecule has 0 fully saturated rings. The highest BCUT2D eigenvalue weighted by atomic mass is 32.1. The van der Waals surface area contributed by atoms with Crippen molar-refractivity contribution in [2.45, 2.75) is 33.2 Å². The lowest BCUT2D eigenvalue weighted by Crippen LogP contribution is -2.31. The van der Waals surface area contributed by atoms with E-state index in [2.05, 4.69) is 27.4 Å². The lowest BCUT2D eigenvalue weighted by Gasteiger charge is -2.03. The van der Waals surface area contributed by atoms with Gasteiger partial charge in [-0.1, -0.05) is 25.2 Å². The molecule has 2 heterocycles. The number of rotatable bonds is 6. The number of aromatic nitrogens is 4. The summed E-state index contributed by atoms with van der Waals surface area (Å²) >= 11 is 1.41. The molecule has 20 heavy (non-hydrogen) atoms. The van der Waals surface area contributed by atoms with Crippen LogP contribution < -0.4 is 16.6 Å². The molecule has 0 atom stereocenters. The molecule has 0 aliphatic heterocycles. The molecule has 108 valence electrons. The molecule has 0 unspecified atom stereocenters. The zero-order chi connectivity index (χ0) is 14.5. The number of H-pyrrole nitrogens is 1. The zero-order valence-corrected chi connectivity index (χ0v) is 12.3. The monoisotopic (exact) mass is 295 g/mol. The van der Waals surface area contributed by atoms with Crippen LogP contribution in [-0.4, -0.2) is 26.3 Å². The van der Waals surface area contributed by atoms with E-state index in [1.807, 2.05) is 6.92 Å². The Morgan fingerprint density at radius 3 is 2.85 bits per heavy atom. The first-order valence-electron chi connectivity index (χ1n) is 6.53. The van der Waals surface area contributed by atoms with E-state index in [0.29, 0.717) is 18.5 Å². The highest BCUT2D eigenvalue weighted by Gasteiger charge is 2.08. The fourth-order valence-corrected chi connectivity index (χ4v) is 2.45. The van der Waals surface area contributed by atoms with E-state index in [0.717, 1.165) is 23.1 Å². The molecule has 0 aliphatic carbocycles. The SMILES string of the molecule is CCCNc1nnc(Cn2cc(CC)c(=O)[nH]c2=O)s1. The van der Waals surface area contributed by atoms with Crippen LogP contribution in [0.3, 0.4) is 0 Å². The summed E-state index contributed by atoms with van der Waals surface area (Å²) in [6.45, 7) is 5.10. The summed E-state index contributed by atoms with van der Waals surface area (Å²) in [5, 5.41) is 12.7. The van der Waals surface area contributed by atoms with Gasteiger partial charge in [0.25, 0.3) is 5.56 Å². The van der Waals surface area contributed by atoms with Gasteiger partial charge in [0.05, 0.1) is 6.54 Å². The number of nitrogens with zero attached hydrogens (tertiary/aromatic N) is 3. The van der Waals surface area contributed by atoms with Crippen molar-refractivity contribution in [1.82, 2.24) is 19.7 Å². The Balaban J connectivity index is 2.19. The molecule has 0 saturated heterocycles. The van der Waals surface area contributed by atoms with Crippen molar-refractivity contribution in [2.75, 3.05) is 11.9 Å². The average molecular weight is 295 g/mol. The molecule has 2 aromatic heterocycles. The van der Waals surface area contributed by atoms with E-state index in [-0.39, 0.29) is 5.56 Å². The number of hydrogen-bond acceptors (Lipinski definition) is 6. The first kappa shape index (κ1) is 14.4. The summed E-state index contributed by atoms with van der Waals surface area (Å²) in [5.41, 5.74) is -0.166. The minimum Gasteiger partial charge on any atom is -0.360 e. The van der Waals surface area contributed by atoms with Crippen molar-refractivity contribution >= 4 is 16.5 Å². The highest BCUT2D eigenvalue weighted by molar-refractivity contribution is 7.15. The number of aryl methyl sites for hydroxylation is 1. The fourth-order valence-electron chi connectivity index (χ4n) is 1.69. The highest BCUT2D eigenvalue weighted by Crippen LogP contribution is 2.15. The minimum absolute atomic E-state index is 0.314. The predicted molar refractivity (Wildman–Crippen MR) is 78.5 cm³/mol. The van der Waals surface area contributed by atoms with Crippen LogP contribution in [0.5, 0.6) is 0 Å². The van der Waals surface area contributed by atoms with Gasteiger partial charge in [-0.25, -0.2) is 4.79 Å². The summed E-state index contributed by atoms with van der Waals surface area (Å²) in [4.78, 5) is 25.5. The Hall–Kier alpha value is -1.96. The summed E-state index contributed by atoms with van der Waals surface area (Å²) in [7, 11) is 0. The average Bonchev–Trinajstić information content (AvgIpc) is 2.87. The summed E-state index contributed by atoms with van der Waals surface area (Å²) in [6, 6.07) is 0. The van der Waals surface area contributed by atoms with Gasteiger partial charge in [-0.05, 0) is 12.8 Å². The van der Waals surface area contributed by atoms with Gasteiger partial charge in [0.1, 0.15) is 5.01 Å². The second kappa shape index (κ2) is 6.47. The molecule has 0 saturated carbocycles. The molecular weight excluding hydrogens is 278 g/mol. The van der Waals surface area contributed by atoms with Crippen molar-refractivity contribution in [3.63, 3.8) is 0 Å². The molecule has 2 aromatic rings. The summed E-state index contributed by atoms with van der Waals surface area (Å²) < 4.78 is 1.45. The molecule has 0 aliphatic rings. The maximum absolute atomic E-state index is 11.7. The largest absolute Gasteiger partial charge is 0.360 e. The topological polar surface area (TPSA) is 92.7 Å². The lowest BCUT2D eigenvalue weighted by atomic mass is 10.3. The van der Waals surface area contributed by atoms with Crippen LogP contribution in [0.4, 0.5) is 5.13 Å². The van der Waals surface area contributed by atoms with Gasteiger partial charge in [-0.2, -0.15) is 0 Å². The molecule has 0 amide bonds. The van der Waals surface area contributed by atoms with E-state index in [1.54, 1.807) is 6.20 Å². The van der Waals surface area contributed by atoms with Crippen LogP contribution >= 0.6 is 11.3 Å². The van der Waals surface area contributed by atoms with Crippen LogP contribution in [0.25, 0.3) is 0 Å².